The number of nitrogens with zero attached hydrogens (tertiary/aromatic N) is 4. The van der Waals surface area contributed by atoms with Crippen LogP contribution in [0.25, 0.3) is 0 Å². The Hall–Kier alpha value is -1.65. The molecule has 14 heavy (non-hydrogen) atoms. The molecule has 0 saturated carbocycles. The van der Waals surface area contributed by atoms with Gasteiger partial charge in [0.15, 0.2) is 0 Å². The van der Waals surface area contributed by atoms with Crippen LogP contribution in [0.3, 0.4) is 0 Å². The largest absolute Gasteiger partial charge is 0.336 e. The second-order valence-corrected chi connectivity index (χ2v) is 2.96. The lowest BCUT2D eigenvalue weighted by atomic mass is 10.4. The molecule has 0 unspecified atom stereocenters. The van der Waals surface area contributed by atoms with Crippen LogP contribution in [-0.2, 0) is 17.9 Å². The molecule has 0 bridgehead atoms. The Morgan fingerprint density at radius 2 is 2.50 bits per heavy atom. The van der Waals surface area contributed by atoms with Crippen molar-refractivity contribution >= 4 is 5.91 Å². The highest BCUT2D eigenvalue weighted by molar-refractivity contribution is 5.86. The summed E-state index contributed by atoms with van der Waals surface area (Å²) in [5, 5.41) is 7.80. The highest BCUT2D eigenvalue weighted by Gasteiger charge is 2.07. The fourth-order valence-electron chi connectivity index (χ4n) is 1.04. The van der Waals surface area contributed by atoms with Crippen molar-refractivity contribution in [3.05, 3.63) is 24.5 Å². The van der Waals surface area contributed by atoms with Gasteiger partial charge in [0.25, 0.3) is 0 Å². The average molecular weight is 194 g/mol. The van der Waals surface area contributed by atoms with E-state index in [1.165, 1.54) is 11.0 Å². The zero-order chi connectivity index (χ0) is 10.6. The molecule has 76 valence electrons. The van der Waals surface area contributed by atoms with Crippen LogP contribution >= 0.6 is 0 Å². The van der Waals surface area contributed by atoms with E-state index in [-0.39, 0.29) is 5.91 Å². The summed E-state index contributed by atoms with van der Waals surface area (Å²) in [6.45, 7) is 6.64. The molecule has 1 heterocycles. The van der Waals surface area contributed by atoms with Crippen LogP contribution < -0.4 is 0 Å². The molecule has 0 radical (unpaired) electrons. The first-order valence-corrected chi connectivity index (χ1v) is 4.44. The molecule has 0 aliphatic rings. The minimum atomic E-state index is -0.115. The van der Waals surface area contributed by atoms with Gasteiger partial charge in [0.2, 0.25) is 5.91 Å². The predicted octanol–water partition coefficient (Wildman–Crippen LogP) is 0.442. The number of hydrogen-bond acceptors (Lipinski definition) is 3. The second-order valence-electron chi connectivity index (χ2n) is 2.96. The Labute approximate surface area is 83.0 Å². The minimum absolute atomic E-state index is 0.115. The Balaban J connectivity index is 2.59. The zero-order valence-corrected chi connectivity index (χ0v) is 8.47. The maximum atomic E-state index is 11.1. The number of aromatic nitrogens is 3. The third kappa shape index (κ3) is 2.42. The lowest BCUT2D eigenvalue weighted by molar-refractivity contribution is -0.125. The molecule has 0 spiro atoms. The molecule has 0 fully saturated rings. The highest BCUT2D eigenvalue weighted by Crippen LogP contribution is 1.98. The van der Waals surface area contributed by atoms with Crippen molar-refractivity contribution in [1.29, 1.82) is 0 Å². The van der Waals surface area contributed by atoms with E-state index in [0.29, 0.717) is 6.54 Å². The van der Waals surface area contributed by atoms with Gasteiger partial charge < -0.3 is 4.90 Å². The van der Waals surface area contributed by atoms with Crippen molar-refractivity contribution in [2.45, 2.75) is 20.0 Å². The van der Waals surface area contributed by atoms with E-state index in [9.17, 15) is 4.79 Å². The first-order chi connectivity index (χ1) is 6.67. The third-order valence-electron chi connectivity index (χ3n) is 1.86. The van der Waals surface area contributed by atoms with Crippen LogP contribution in [0.1, 0.15) is 12.6 Å². The lowest BCUT2D eigenvalue weighted by Crippen LogP contribution is -2.24. The molecule has 0 N–H and O–H groups in total. The Morgan fingerprint density at radius 1 is 1.79 bits per heavy atom. The van der Waals surface area contributed by atoms with Gasteiger partial charge >= 0.3 is 0 Å². The summed E-state index contributed by atoms with van der Waals surface area (Å²) in [5.74, 6) is -0.115. The van der Waals surface area contributed by atoms with Crippen LogP contribution in [0.5, 0.6) is 0 Å². The predicted molar refractivity (Wildman–Crippen MR) is 52.4 cm³/mol. The first-order valence-electron chi connectivity index (χ1n) is 4.44. The van der Waals surface area contributed by atoms with E-state index >= 15 is 0 Å². The lowest BCUT2D eigenvalue weighted by Gasteiger charge is -2.11. The van der Waals surface area contributed by atoms with Crippen LogP contribution in [0, 0.1) is 0 Å². The fraction of sp³-hybridized carbons (Fsp3) is 0.444. The number of rotatable bonds is 4. The zero-order valence-electron chi connectivity index (χ0n) is 8.47. The summed E-state index contributed by atoms with van der Waals surface area (Å²) < 4.78 is 1.72. The molecule has 0 saturated heterocycles. The topological polar surface area (TPSA) is 51.0 Å². The third-order valence-corrected chi connectivity index (χ3v) is 1.86. The van der Waals surface area contributed by atoms with E-state index in [4.69, 9.17) is 0 Å². The summed E-state index contributed by atoms with van der Waals surface area (Å²) in [5.41, 5.74) is 0.782. The monoisotopic (exact) mass is 194 g/mol. The Kier molecular flexibility index (Phi) is 3.39. The van der Waals surface area contributed by atoms with Gasteiger partial charge in [-0.25, -0.2) is 0 Å². The molecular formula is C9H14N4O. The SMILES string of the molecule is C=CC(=O)N(C)Cc1cn(CC)nn1. The van der Waals surface area contributed by atoms with E-state index in [0.717, 1.165) is 12.2 Å². The maximum absolute atomic E-state index is 11.1. The van der Waals surface area contributed by atoms with Crippen molar-refractivity contribution in [3.63, 3.8) is 0 Å². The van der Waals surface area contributed by atoms with E-state index in [1.54, 1.807) is 11.7 Å². The van der Waals surface area contributed by atoms with Gasteiger partial charge in [0, 0.05) is 13.6 Å². The minimum Gasteiger partial charge on any atom is -0.336 e. The number of likely N-dealkylation sites (N-methyl/N-ethyl adjacent to an activating group) is 1. The Bertz CT molecular complexity index is 331. The molecule has 0 aliphatic heterocycles. The van der Waals surface area contributed by atoms with Gasteiger partial charge in [-0.3, -0.25) is 9.48 Å². The molecule has 0 aliphatic carbocycles. The van der Waals surface area contributed by atoms with E-state index in [1.807, 2.05) is 13.1 Å². The molecule has 5 heteroatoms. The van der Waals surface area contributed by atoms with Crippen molar-refractivity contribution in [2.24, 2.45) is 0 Å². The van der Waals surface area contributed by atoms with Crippen LogP contribution in [0.15, 0.2) is 18.9 Å². The number of hydrogen-bond donors (Lipinski definition) is 0. The average Bonchev–Trinajstić information content (AvgIpc) is 2.64. The summed E-state index contributed by atoms with van der Waals surface area (Å²) >= 11 is 0. The second kappa shape index (κ2) is 4.55. The van der Waals surface area contributed by atoms with Gasteiger partial charge in [-0.1, -0.05) is 11.8 Å². The molecule has 0 atom stereocenters. The van der Waals surface area contributed by atoms with Gasteiger partial charge in [0.1, 0.15) is 5.69 Å². The van der Waals surface area contributed by atoms with Gasteiger partial charge in [-0.15, -0.1) is 5.10 Å². The molecule has 0 aromatic carbocycles. The van der Waals surface area contributed by atoms with Crippen molar-refractivity contribution < 1.29 is 4.79 Å². The summed E-state index contributed by atoms with van der Waals surface area (Å²) in [6.07, 6.45) is 3.11. The van der Waals surface area contributed by atoms with Gasteiger partial charge in [0.05, 0.1) is 12.7 Å². The standard InChI is InChI=1S/C9H14N4O/c1-4-9(14)12(3)6-8-7-13(5-2)11-10-8/h4,7H,1,5-6H2,2-3H3. The van der Waals surface area contributed by atoms with Crippen LogP contribution in [-0.4, -0.2) is 32.8 Å². The van der Waals surface area contributed by atoms with Gasteiger partial charge in [-0.05, 0) is 13.0 Å². The van der Waals surface area contributed by atoms with Crippen LogP contribution in [0.2, 0.25) is 0 Å². The van der Waals surface area contributed by atoms with Crippen LogP contribution in [0.4, 0.5) is 0 Å². The fourth-order valence-corrected chi connectivity index (χ4v) is 1.04. The normalized spacial score (nSPS) is 9.86. The number of amides is 1. The summed E-state index contributed by atoms with van der Waals surface area (Å²) in [4.78, 5) is 12.7. The highest BCUT2D eigenvalue weighted by atomic mass is 16.2. The molecule has 1 aromatic rings. The van der Waals surface area contributed by atoms with E-state index in [2.05, 4.69) is 16.9 Å². The number of carbonyl (C=O) groups is 1. The number of carbonyl (C=O) groups excluding carboxylic acids is 1. The number of aryl methyl sites for hydroxylation is 1. The molecule has 1 rings (SSSR count). The summed E-state index contributed by atoms with van der Waals surface area (Å²) in [7, 11) is 1.70. The molecule has 1 amide bonds. The van der Waals surface area contributed by atoms with Crippen molar-refractivity contribution in [1.82, 2.24) is 19.9 Å². The smallest absolute Gasteiger partial charge is 0.246 e. The van der Waals surface area contributed by atoms with Gasteiger partial charge in [-0.2, -0.15) is 0 Å². The summed E-state index contributed by atoms with van der Waals surface area (Å²) in [6, 6.07) is 0. The first kappa shape index (κ1) is 10.4. The molecule has 1 aromatic heterocycles. The Morgan fingerprint density at radius 3 is 3.00 bits per heavy atom. The van der Waals surface area contributed by atoms with Crippen molar-refractivity contribution in [2.75, 3.05) is 7.05 Å². The van der Waals surface area contributed by atoms with E-state index < -0.39 is 0 Å². The maximum Gasteiger partial charge on any atom is 0.246 e. The quantitative estimate of drug-likeness (QED) is 0.653. The molecule has 5 nitrogen and oxygen atoms in total. The van der Waals surface area contributed by atoms with Crippen molar-refractivity contribution in [3.8, 4) is 0 Å². The molecular weight excluding hydrogens is 180 g/mol.